The number of aliphatic hydroxyl groups excluding tert-OH is 2. The Hall–Kier alpha value is -8.89. The smallest absolute Gasteiger partial charge is 1.00 e. The van der Waals surface area contributed by atoms with E-state index in [1.165, 1.54) is 89.0 Å². The Morgan fingerprint density at radius 2 is 0.975 bits per heavy atom. The van der Waals surface area contributed by atoms with Gasteiger partial charge in [0.2, 0.25) is 35.5 Å². The zero-order valence-corrected chi connectivity index (χ0v) is 76.8. The number of pyridine rings is 6. The molecule has 0 aliphatic heterocycles. The molecule has 2 atom stereocenters. The number of carbonyl (C=O) groups is 1. The van der Waals surface area contributed by atoms with Crippen molar-refractivity contribution in [3.63, 3.8) is 0 Å². The molecule has 12 aromatic heterocycles. The number of anilines is 2. The van der Waals surface area contributed by atoms with Gasteiger partial charge in [0.1, 0.15) is 64.7 Å². The van der Waals surface area contributed by atoms with Crippen molar-refractivity contribution in [2.45, 2.75) is 232 Å². The van der Waals surface area contributed by atoms with Crippen LogP contribution in [0.5, 0.6) is 17.6 Å². The summed E-state index contributed by atoms with van der Waals surface area (Å²) in [5.74, 6) is 0.163. The number of amides is 1. The minimum absolute atomic E-state index is 0. The first kappa shape index (κ1) is 95.0. The van der Waals surface area contributed by atoms with Crippen molar-refractivity contribution in [1.82, 2.24) is 73.3 Å². The van der Waals surface area contributed by atoms with E-state index in [0.717, 1.165) is 44.0 Å². The summed E-state index contributed by atoms with van der Waals surface area (Å²) in [6, 6.07) is 21.2. The van der Waals surface area contributed by atoms with Gasteiger partial charge in [0.05, 0.1) is 49.4 Å². The van der Waals surface area contributed by atoms with Crippen LogP contribution in [0.15, 0.2) is 129 Å². The van der Waals surface area contributed by atoms with Crippen molar-refractivity contribution in [3.05, 3.63) is 226 Å². The zero-order chi connectivity index (χ0) is 84.1. The molecule has 120 heavy (non-hydrogen) atoms. The molecule has 12 aromatic rings. The first-order valence-corrected chi connectivity index (χ1v) is 44.9. The monoisotopic (exact) mass is 1770 g/mol. The molecule has 3 aliphatic rings. The van der Waals surface area contributed by atoms with E-state index in [1.807, 2.05) is 43.1 Å². The van der Waals surface area contributed by atoms with Crippen LogP contribution < -0.4 is 36.1 Å². The molecule has 634 valence electrons. The summed E-state index contributed by atoms with van der Waals surface area (Å²) in [6.45, 7) is 32.1. The van der Waals surface area contributed by atoms with Crippen molar-refractivity contribution < 1.29 is 64.1 Å². The maximum atomic E-state index is 16.0. The summed E-state index contributed by atoms with van der Waals surface area (Å²) in [7, 11) is -0.0128. The second-order valence-corrected chi connectivity index (χ2v) is 45.1. The molecule has 3 fully saturated rings. The maximum absolute atomic E-state index is 16.0. The Balaban J connectivity index is 0.000000202. The number of hydrogen-bond donors (Lipinski definition) is 3. The molecule has 3 saturated carbocycles. The molecule has 15 rings (SSSR count). The number of rotatable bonds is 25. The zero-order valence-electron chi connectivity index (χ0n) is 71.1. The van der Waals surface area contributed by atoms with Gasteiger partial charge in [-0.05, 0) is 151 Å². The van der Waals surface area contributed by atoms with Crippen LogP contribution in [0.3, 0.4) is 0 Å². The van der Waals surface area contributed by atoms with Crippen LogP contribution in [0, 0.1) is 24.3 Å². The first-order chi connectivity index (χ1) is 55.8. The molecule has 0 radical (unpaired) electrons. The fourth-order valence-electron chi connectivity index (χ4n) is 17.1. The molecule has 0 aromatic carbocycles. The van der Waals surface area contributed by atoms with Gasteiger partial charge in [-0.1, -0.05) is 120 Å². The van der Waals surface area contributed by atoms with Crippen LogP contribution in [0.2, 0.25) is 38.4 Å². The Bertz CT molecular complexity index is 5410. The third-order valence-electron chi connectivity index (χ3n) is 22.5. The average Bonchev–Trinajstić information content (AvgIpc) is 1.57. The number of carbonyl (C=O) groups excluding carboxylic acids is 1. The van der Waals surface area contributed by atoms with E-state index in [2.05, 4.69) is 181 Å². The number of nitrogens with zero attached hydrogens (tertiary/aromatic N) is 15. The van der Waals surface area contributed by atoms with Crippen molar-refractivity contribution in [1.29, 1.82) is 0 Å². The van der Waals surface area contributed by atoms with Gasteiger partial charge in [-0.2, -0.15) is 13.2 Å². The maximum Gasteiger partial charge on any atom is 2.00 e. The van der Waals surface area contributed by atoms with E-state index in [0.29, 0.717) is 126 Å². The van der Waals surface area contributed by atoms with Crippen LogP contribution in [0.1, 0.15) is 241 Å². The Kier molecular flexibility index (Phi) is 32.0. The van der Waals surface area contributed by atoms with Gasteiger partial charge in [-0.3, -0.25) is 9.97 Å². The number of ether oxygens (including phenoxy) is 4. The molecule has 23 nitrogen and oxygen atoms in total. The quantitative estimate of drug-likeness (QED) is 0.0272. The van der Waals surface area contributed by atoms with Gasteiger partial charge < -0.3 is 66.0 Å². The Morgan fingerprint density at radius 1 is 0.542 bits per heavy atom. The molecule has 0 saturated heterocycles. The van der Waals surface area contributed by atoms with E-state index in [-0.39, 0.29) is 81.1 Å². The Labute approximate surface area is 735 Å². The van der Waals surface area contributed by atoms with Gasteiger partial charge in [0, 0.05) is 113 Å². The van der Waals surface area contributed by atoms with Crippen LogP contribution >= 0.6 is 11.6 Å². The van der Waals surface area contributed by atoms with Crippen molar-refractivity contribution in [2.75, 3.05) is 26.2 Å². The summed E-state index contributed by atoms with van der Waals surface area (Å²) in [4.78, 5) is 69.4. The van der Waals surface area contributed by atoms with Crippen LogP contribution in [-0.2, 0) is 24.0 Å². The van der Waals surface area contributed by atoms with Crippen LogP contribution in [0.4, 0.5) is 29.5 Å². The van der Waals surface area contributed by atoms with Gasteiger partial charge in [-0.15, -0.1) is 0 Å². The molecule has 0 bridgehead atoms. The summed E-state index contributed by atoms with van der Waals surface area (Å²) in [6.07, 6.45) is 22.9. The first-order valence-electron chi connectivity index (χ1n) is 40.2. The van der Waals surface area contributed by atoms with Gasteiger partial charge in [-0.25, -0.2) is 72.4 Å². The molecule has 12 heterocycles. The molecule has 3 aliphatic carbocycles. The van der Waals surface area contributed by atoms with Crippen molar-refractivity contribution in [2.24, 2.45) is 0 Å². The third-order valence-corrected chi connectivity index (χ3v) is 36.2. The number of fused-ring (bicyclic) bond motifs is 3. The number of hydrogen-bond acceptors (Lipinski definition) is 19. The third kappa shape index (κ3) is 20.6. The van der Waals surface area contributed by atoms with E-state index in [4.69, 9.17) is 30.5 Å². The Morgan fingerprint density at radius 3 is 1.36 bits per heavy atom. The summed E-state index contributed by atoms with van der Waals surface area (Å²) >= 11 is 5.97. The number of methoxy groups -OCH3 is 3. The topological polar surface area (TPSA) is 278 Å². The summed E-state index contributed by atoms with van der Waals surface area (Å²) < 4.78 is 72.9. The molecular formula is C89H111BrClF3MgN16O7Si2. The normalized spacial score (nSPS) is 13.8. The molecule has 3 N–H and O–H groups in total. The minimum Gasteiger partial charge on any atom is -1.00 e. The number of aromatic amines is 1. The van der Waals surface area contributed by atoms with E-state index in [9.17, 15) is 19.4 Å². The van der Waals surface area contributed by atoms with E-state index >= 15 is 8.78 Å². The van der Waals surface area contributed by atoms with Crippen molar-refractivity contribution >= 4 is 102 Å². The second-order valence-electron chi connectivity index (χ2n) is 33.3. The molecule has 0 spiro atoms. The predicted molar refractivity (Wildman–Crippen MR) is 467 cm³/mol. The van der Waals surface area contributed by atoms with Gasteiger partial charge in [0.25, 0.3) is 0 Å². The van der Waals surface area contributed by atoms with Gasteiger partial charge >= 0.3 is 29.1 Å². The van der Waals surface area contributed by atoms with Gasteiger partial charge in [0.15, 0.2) is 16.5 Å². The standard InChI is InChI=1S/C32H42ClFN6O4Si.C31H40FN5O2Si.C22H20FN5O.C3H5.CH4.BrH.Mg/c1-18(2)45(19(3)4,20(5)6)39-16-23(26-29(39)36-17-37-30(26)43-10)27(41)22-12-14-25(38-28(22)34)40(31(42)44-32(7,8)9)21-11-13-24(33)35-15-21;1-18(2)40(19(3)4,20(5)6)37-16-25(27-30(37)34-17-35-31(27)39-7)28(38)24-12-11-23(36-29(24)32)14-21-8-13-26(33-15-21)22-9-10-22;1-29-22-19-16(11-25-21(19)26-12-27-22)9-15-5-6-17(28-20(15)23)8-13-2-7-18(24-10-13)14-3-4-14;1-2-3-1;;;/h11-20,27,41H,1-10H3;8,11-13,15-20,22,28,38H,9-10,14H2,1-7H3;2,5-7,10-12,14H,3-4,8-9H2,1H3,(H,25,26,27);1H,2-3H2;1H4;1H;/q;;;-1;;;+2/p-1. The number of H-pyrrole nitrogens is 1. The summed E-state index contributed by atoms with van der Waals surface area (Å²) in [5.41, 5.74) is 11.5. The fraction of sp³-hybridized carbons (Fsp3) is 0.438. The number of halogens is 5. The predicted octanol–water partition coefficient (Wildman–Crippen LogP) is 17.3. The molecule has 31 heteroatoms. The molecular weight excluding hydrogens is 1660 g/mol. The van der Waals surface area contributed by atoms with Crippen LogP contribution in [-0.4, -0.2) is 156 Å². The number of aromatic nitrogens is 15. The van der Waals surface area contributed by atoms with E-state index < -0.39 is 58.2 Å². The fourth-order valence-corrected chi connectivity index (χ4v) is 30.3. The minimum atomic E-state index is -2.36. The number of aliphatic hydroxyl groups is 2. The molecule has 2 unspecified atom stereocenters. The van der Waals surface area contributed by atoms with Crippen LogP contribution in [0.25, 0.3) is 33.1 Å². The summed E-state index contributed by atoms with van der Waals surface area (Å²) in [5, 5.41) is 25.6. The molecule has 1 amide bonds. The second kappa shape index (κ2) is 40.4. The average molecular weight is 1770 g/mol. The SMILES string of the molecule is C.COc1ncnc2[nH]cc(Cc3ccc(Cc4ccc(C5CC5)nc4)nc3F)c12.COc1ncnc2c1c(C(O)c1ccc(Cc3ccc(C4CC4)nc3)nc1F)cn2[Si](C(C)C)(C(C)C)C(C)C.COc1ncnc2c1c(C(O)c1ccc(N(C(=O)OC(C)(C)C)c3ccc(Cl)nc3)nc1F)cn2[Si](C(C)C)(C(C)C)C(C)C.[Br-].[CH-]1CC1.[Mg+2]. The largest absolute Gasteiger partial charge is 2.00 e. The number of nitrogens with one attached hydrogen (secondary N) is 1. The van der Waals surface area contributed by atoms with Crippen molar-refractivity contribution in [3.8, 4) is 17.6 Å². The van der Waals surface area contributed by atoms with E-state index in [1.54, 1.807) is 59.3 Å².